The molecule has 0 fully saturated rings. The molecular formula is C9H10N4O4. The van der Waals surface area contributed by atoms with Crippen LogP contribution in [0.2, 0.25) is 0 Å². The van der Waals surface area contributed by atoms with Gasteiger partial charge in [0.1, 0.15) is 0 Å². The molecule has 1 rings (SSSR count). The number of nitriles is 1. The van der Waals surface area contributed by atoms with Gasteiger partial charge in [-0.15, -0.1) is 0 Å². The van der Waals surface area contributed by atoms with Crippen molar-refractivity contribution in [3.63, 3.8) is 0 Å². The predicted molar refractivity (Wildman–Crippen MR) is 56.3 cm³/mol. The summed E-state index contributed by atoms with van der Waals surface area (Å²) in [5, 5.41) is 30.3. The van der Waals surface area contributed by atoms with Gasteiger partial charge >= 0.3 is 0 Å². The van der Waals surface area contributed by atoms with Gasteiger partial charge in [-0.2, -0.15) is 5.26 Å². The molecule has 0 atom stereocenters. The Labute approximate surface area is 96.7 Å². The van der Waals surface area contributed by atoms with Gasteiger partial charge in [0.15, 0.2) is 0 Å². The first kappa shape index (κ1) is 12.6. The summed E-state index contributed by atoms with van der Waals surface area (Å²) in [6.45, 7) is 2.27. The van der Waals surface area contributed by atoms with Crippen LogP contribution in [-0.4, -0.2) is 21.3 Å². The van der Waals surface area contributed by atoms with E-state index in [1.807, 2.05) is 6.92 Å². The molecule has 1 aliphatic rings. The summed E-state index contributed by atoms with van der Waals surface area (Å²) < 4.78 is 0. The molecular weight excluding hydrogens is 228 g/mol. The minimum absolute atomic E-state index is 0.423. The van der Waals surface area contributed by atoms with E-state index < -0.39 is 27.2 Å². The first-order valence-electron chi connectivity index (χ1n) is 4.88. The molecule has 1 heterocycles. The molecule has 8 nitrogen and oxygen atoms in total. The van der Waals surface area contributed by atoms with Crippen LogP contribution in [0.5, 0.6) is 0 Å². The largest absolute Gasteiger partial charge is 0.343 e. The van der Waals surface area contributed by atoms with Crippen molar-refractivity contribution in [1.29, 1.82) is 5.26 Å². The first-order valence-corrected chi connectivity index (χ1v) is 4.88. The summed E-state index contributed by atoms with van der Waals surface area (Å²) >= 11 is 0. The van der Waals surface area contributed by atoms with Gasteiger partial charge in [-0.05, 0) is 6.42 Å². The van der Waals surface area contributed by atoms with E-state index in [0.717, 1.165) is 0 Å². The van der Waals surface area contributed by atoms with Crippen LogP contribution >= 0.6 is 0 Å². The Morgan fingerprint density at radius 3 is 2.12 bits per heavy atom. The maximum atomic E-state index is 10.8. The highest BCUT2D eigenvalue weighted by Crippen LogP contribution is 2.26. The highest BCUT2D eigenvalue weighted by Gasteiger charge is 2.40. The van der Waals surface area contributed by atoms with E-state index in [4.69, 9.17) is 5.26 Å². The van der Waals surface area contributed by atoms with Crippen molar-refractivity contribution in [3.8, 4) is 6.07 Å². The summed E-state index contributed by atoms with van der Waals surface area (Å²) in [6.07, 6.45) is 3.02. The number of hydrogen-bond donors (Lipinski definition) is 0. The van der Waals surface area contributed by atoms with Crippen molar-refractivity contribution in [2.75, 3.05) is 6.54 Å². The summed E-state index contributed by atoms with van der Waals surface area (Å²) in [6, 6.07) is 1.58. The summed E-state index contributed by atoms with van der Waals surface area (Å²) in [7, 11) is 0. The van der Waals surface area contributed by atoms with Gasteiger partial charge in [0.05, 0.1) is 28.3 Å². The Hall–Kier alpha value is -2.43. The molecule has 90 valence electrons. The summed E-state index contributed by atoms with van der Waals surface area (Å²) in [5.41, 5.74) is -0.926. The van der Waals surface area contributed by atoms with E-state index in [-0.39, 0.29) is 0 Å². The SMILES string of the molecule is CCCN1C=C([N+](=O)[O-])C(C#N)C([N+](=O)[O-])=C1. The van der Waals surface area contributed by atoms with Crippen molar-refractivity contribution in [3.05, 3.63) is 44.0 Å². The van der Waals surface area contributed by atoms with Crippen LogP contribution in [0.25, 0.3) is 0 Å². The zero-order chi connectivity index (χ0) is 13.0. The molecule has 0 aromatic rings. The van der Waals surface area contributed by atoms with Crippen molar-refractivity contribution >= 4 is 0 Å². The topological polar surface area (TPSA) is 113 Å². The second-order valence-electron chi connectivity index (χ2n) is 3.42. The third-order valence-corrected chi connectivity index (χ3v) is 2.22. The van der Waals surface area contributed by atoms with Gasteiger partial charge in [0.25, 0.3) is 11.4 Å². The number of rotatable bonds is 4. The van der Waals surface area contributed by atoms with Crippen molar-refractivity contribution in [1.82, 2.24) is 4.90 Å². The number of nitrogens with zero attached hydrogens (tertiary/aromatic N) is 4. The minimum atomic E-state index is -1.42. The fourth-order valence-electron chi connectivity index (χ4n) is 1.50. The maximum absolute atomic E-state index is 10.8. The number of nitro groups is 2. The molecule has 0 spiro atoms. The molecule has 0 aromatic carbocycles. The molecule has 0 radical (unpaired) electrons. The lowest BCUT2D eigenvalue weighted by Gasteiger charge is -2.19. The zero-order valence-corrected chi connectivity index (χ0v) is 9.07. The molecule has 0 bridgehead atoms. The van der Waals surface area contributed by atoms with Crippen molar-refractivity contribution < 1.29 is 9.85 Å². The van der Waals surface area contributed by atoms with Gasteiger partial charge in [-0.25, -0.2) is 0 Å². The average Bonchev–Trinajstić information content (AvgIpc) is 2.28. The van der Waals surface area contributed by atoms with Gasteiger partial charge in [0.2, 0.25) is 5.92 Å². The molecule has 0 N–H and O–H groups in total. The van der Waals surface area contributed by atoms with Gasteiger partial charge in [-0.1, -0.05) is 6.92 Å². The third kappa shape index (κ3) is 2.57. The lowest BCUT2D eigenvalue weighted by Crippen LogP contribution is -2.27. The highest BCUT2D eigenvalue weighted by molar-refractivity contribution is 5.24. The summed E-state index contributed by atoms with van der Waals surface area (Å²) in [5.74, 6) is -1.42. The van der Waals surface area contributed by atoms with E-state index in [2.05, 4.69) is 0 Å². The fourth-order valence-corrected chi connectivity index (χ4v) is 1.50. The van der Waals surface area contributed by atoms with Crippen LogP contribution in [0.1, 0.15) is 13.3 Å². The Bertz CT molecular complexity index is 416. The molecule has 8 heteroatoms. The standard InChI is InChI=1S/C9H10N4O4/c1-2-3-11-5-8(12(14)15)7(4-10)9(6-11)13(16)17/h5-7H,2-3H2,1H3. The van der Waals surface area contributed by atoms with Crippen LogP contribution in [0, 0.1) is 37.5 Å². The molecule has 0 amide bonds. The van der Waals surface area contributed by atoms with Gasteiger partial charge in [0, 0.05) is 6.54 Å². The predicted octanol–water partition coefficient (Wildman–Crippen LogP) is 1.09. The van der Waals surface area contributed by atoms with E-state index in [1.54, 1.807) is 6.07 Å². The van der Waals surface area contributed by atoms with Crippen molar-refractivity contribution in [2.24, 2.45) is 5.92 Å². The monoisotopic (exact) mass is 238 g/mol. The molecule has 1 aliphatic heterocycles. The third-order valence-electron chi connectivity index (χ3n) is 2.22. The molecule has 0 saturated heterocycles. The minimum Gasteiger partial charge on any atom is -0.343 e. The Morgan fingerprint density at radius 1 is 1.35 bits per heavy atom. The summed E-state index contributed by atoms with van der Waals surface area (Å²) in [4.78, 5) is 21.4. The first-order chi connectivity index (χ1) is 8.01. The fraction of sp³-hybridized carbons (Fsp3) is 0.444. The Balaban J connectivity index is 3.17. The van der Waals surface area contributed by atoms with E-state index in [0.29, 0.717) is 13.0 Å². The molecule has 0 saturated carbocycles. The quantitative estimate of drug-likeness (QED) is 0.535. The van der Waals surface area contributed by atoms with E-state index in [9.17, 15) is 20.2 Å². The molecule has 0 aliphatic carbocycles. The van der Waals surface area contributed by atoms with Crippen molar-refractivity contribution in [2.45, 2.75) is 13.3 Å². The zero-order valence-electron chi connectivity index (χ0n) is 9.07. The molecule has 0 aromatic heterocycles. The Morgan fingerprint density at radius 2 is 1.82 bits per heavy atom. The van der Waals surface area contributed by atoms with Gasteiger partial charge < -0.3 is 4.90 Å². The van der Waals surface area contributed by atoms with Gasteiger partial charge in [-0.3, -0.25) is 20.2 Å². The molecule has 0 unspecified atom stereocenters. The van der Waals surface area contributed by atoms with Crippen LogP contribution in [0.15, 0.2) is 23.8 Å². The lowest BCUT2D eigenvalue weighted by atomic mass is 10.0. The average molecular weight is 238 g/mol. The maximum Gasteiger partial charge on any atom is 0.290 e. The Kier molecular flexibility index (Phi) is 3.77. The second kappa shape index (κ2) is 5.07. The second-order valence-corrected chi connectivity index (χ2v) is 3.42. The normalized spacial score (nSPS) is 15.9. The van der Waals surface area contributed by atoms with E-state index in [1.165, 1.54) is 17.3 Å². The highest BCUT2D eigenvalue weighted by atomic mass is 16.6. The van der Waals surface area contributed by atoms with Crippen LogP contribution in [0.4, 0.5) is 0 Å². The smallest absolute Gasteiger partial charge is 0.290 e. The molecule has 17 heavy (non-hydrogen) atoms. The van der Waals surface area contributed by atoms with Crippen LogP contribution < -0.4 is 0 Å². The van der Waals surface area contributed by atoms with Crippen LogP contribution in [-0.2, 0) is 0 Å². The van der Waals surface area contributed by atoms with E-state index >= 15 is 0 Å². The van der Waals surface area contributed by atoms with Crippen LogP contribution in [0.3, 0.4) is 0 Å². The number of hydrogen-bond acceptors (Lipinski definition) is 6. The lowest BCUT2D eigenvalue weighted by molar-refractivity contribution is -0.459.